The normalized spacial score (nSPS) is 23.1. The highest BCUT2D eigenvalue weighted by atomic mass is 32.2. The predicted molar refractivity (Wildman–Crippen MR) is 77.4 cm³/mol. The van der Waals surface area contributed by atoms with Gasteiger partial charge in [0.1, 0.15) is 5.82 Å². The van der Waals surface area contributed by atoms with Gasteiger partial charge in [0.2, 0.25) is 0 Å². The summed E-state index contributed by atoms with van der Waals surface area (Å²) in [7, 11) is -3.00. The summed E-state index contributed by atoms with van der Waals surface area (Å²) < 4.78 is 37.4. The van der Waals surface area contributed by atoms with Gasteiger partial charge in [-0.05, 0) is 13.0 Å². The molecule has 1 fully saturated rings. The van der Waals surface area contributed by atoms with Crippen molar-refractivity contribution in [3.05, 3.63) is 35.1 Å². The van der Waals surface area contributed by atoms with Crippen LogP contribution in [0, 0.1) is 5.82 Å². The zero-order valence-electron chi connectivity index (χ0n) is 11.7. The van der Waals surface area contributed by atoms with Crippen molar-refractivity contribution in [3.63, 3.8) is 0 Å². The maximum absolute atomic E-state index is 14.3. The molecule has 2 rings (SSSR count). The summed E-state index contributed by atoms with van der Waals surface area (Å²) >= 11 is 0. The highest BCUT2D eigenvalue weighted by molar-refractivity contribution is 7.91. The van der Waals surface area contributed by atoms with E-state index in [2.05, 4.69) is 5.16 Å². The second-order valence-corrected chi connectivity index (χ2v) is 7.43. The molecule has 8 heteroatoms. The number of halogens is 1. The van der Waals surface area contributed by atoms with E-state index >= 15 is 0 Å². The zero-order chi connectivity index (χ0) is 15.6. The molecule has 0 amide bonds. The van der Waals surface area contributed by atoms with Crippen molar-refractivity contribution in [3.8, 4) is 0 Å². The predicted octanol–water partition coefficient (Wildman–Crippen LogP) is 0.539. The molecule has 3 N–H and O–H groups in total. The first-order chi connectivity index (χ1) is 9.84. The van der Waals surface area contributed by atoms with E-state index < -0.39 is 15.7 Å². The number of hydrogen-bond acceptors (Lipinski definition) is 5. The number of amidine groups is 1. The van der Waals surface area contributed by atoms with E-state index in [0.29, 0.717) is 12.1 Å². The van der Waals surface area contributed by atoms with Gasteiger partial charge in [0.25, 0.3) is 0 Å². The number of nitrogens with two attached hydrogens (primary N) is 1. The van der Waals surface area contributed by atoms with Crippen molar-refractivity contribution >= 4 is 15.7 Å². The summed E-state index contributed by atoms with van der Waals surface area (Å²) in [6.07, 6.45) is 0. The summed E-state index contributed by atoms with van der Waals surface area (Å²) in [5.74, 6) is -0.676. The second-order valence-electron chi connectivity index (χ2n) is 5.20. The second kappa shape index (κ2) is 5.98. The molecule has 1 atom stereocenters. The van der Waals surface area contributed by atoms with Crippen LogP contribution in [0.15, 0.2) is 23.4 Å². The minimum absolute atomic E-state index is 0.0345. The first kappa shape index (κ1) is 15.7. The van der Waals surface area contributed by atoms with Crippen molar-refractivity contribution < 1.29 is 18.0 Å². The molecule has 1 aromatic carbocycles. The average molecular weight is 315 g/mol. The van der Waals surface area contributed by atoms with Crippen LogP contribution in [-0.2, 0) is 16.4 Å². The minimum Gasteiger partial charge on any atom is -0.409 e. The van der Waals surface area contributed by atoms with Gasteiger partial charge in [-0.3, -0.25) is 4.90 Å². The third kappa shape index (κ3) is 3.51. The summed E-state index contributed by atoms with van der Waals surface area (Å²) in [5, 5.41) is 11.4. The van der Waals surface area contributed by atoms with Crippen LogP contribution in [0.4, 0.5) is 4.39 Å². The van der Waals surface area contributed by atoms with E-state index in [1.165, 1.54) is 6.07 Å². The van der Waals surface area contributed by atoms with Crippen molar-refractivity contribution in [2.24, 2.45) is 10.9 Å². The summed E-state index contributed by atoms with van der Waals surface area (Å²) in [4.78, 5) is 1.91. The zero-order valence-corrected chi connectivity index (χ0v) is 12.5. The van der Waals surface area contributed by atoms with Gasteiger partial charge >= 0.3 is 0 Å². The number of rotatable bonds is 3. The molecule has 1 aliphatic heterocycles. The molecule has 1 aliphatic rings. The van der Waals surface area contributed by atoms with Crippen molar-refractivity contribution in [1.82, 2.24) is 4.90 Å². The third-order valence-electron chi connectivity index (χ3n) is 3.64. The van der Waals surface area contributed by atoms with Gasteiger partial charge in [-0.25, -0.2) is 12.8 Å². The van der Waals surface area contributed by atoms with Gasteiger partial charge in [-0.2, -0.15) is 0 Å². The van der Waals surface area contributed by atoms with E-state index in [-0.39, 0.29) is 35.5 Å². The van der Waals surface area contributed by atoms with Gasteiger partial charge in [0, 0.05) is 24.7 Å². The Morgan fingerprint density at radius 1 is 1.57 bits per heavy atom. The molecule has 0 saturated carbocycles. The minimum atomic E-state index is -3.00. The van der Waals surface area contributed by atoms with Crippen LogP contribution in [0.2, 0.25) is 0 Å². The SMILES string of the molecule is CC1CS(=O)(=O)CCN1Cc1cccc(/C(N)=N/O)c1F. The Kier molecular flexibility index (Phi) is 4.48. The molecule has 21 heavy (non-hydrogen) atoms. The number of sulfone groups is 1. The molecule has 0 spiro atoms. The number of oxime groups is 1. The van der Waals surface area contributed by atoms with Gasteiger partial charge < -0.3 is 10.9 Å². The lowest BCUT2D eigenvalue weighted by molar-refractivity contribution is 0.215. The van der Waals surface area contributed by atoms with Crippen molar-refractivity contribution in [1.29, 1.82) is 0 Å². The Morgan fingerprint density at radius 2 is 2.29 bits per heavy atom. The lowest BCUT2D eigenvalue weighted by Crippen LogP contribution is -2.46. The van der Waals surface area contributed by atoms with Gasteiger partial charge in [-0.15, -0.1) is 0 Å². The summed E-state index contributed by atoms with van der Waals surface area (Å²) in [6.45, 7) is 2.47. The molecule has 1 unspecified atom stereocenters. The van der Waals surface area contributed by atoms with E-state index in [1.807, 2.05) is 11.8 Å². The average Bonchev–Trinajstić information content (AvgIpc) is 2.42. The largest absolute Gasteiger partial charge is 0.409 e. The highest BCUT2D eigenvalue weighted by Gasteiger charge is 2.28. The monoisotopic (exact) mass is 315 g/mol. The highest BCUT2D eigenvalue weighted by Crippen LogP contribution is 2.19. The molecular weight excluding hydrogens is 297 g/mol. The molecule has 1 heterocycles. The maximum Gasteiger partial charge on any atom is 0.173 e. The number of nitrogens with zero attached hydrogens (tertiary/aromatic N) is 2. The van der Waals surface area contributed by atoms with Crippen LogP contribution >= 0.6 is 0 Å². The van der Waals surface area contributed by atoms with Crippen LogP contribution in [0.5, 0.6) is 0 Å². The first-order valence-corrected chi connectivity index (χ1v) is 8.36. The van der Waals surface area contributed by atoms with Crippen molar-refractivity contribution in [2.75, 3.05) is 18.1 Å². The first-order valence-electron chi connectivity index (χ1n) is 6.54. The van der Waals surface area contributed by atoms with Crippen LogP contribution in [0.3, 0.4) is 0 Å². The fourth-order valence-electron chi connectivity index (χ4n) is 2.44. The van der Waals surface area contributed by atoms with E-state index in [0.717, 1.165) is 0 Å². The molecule has 1 aromatic rings. The Hall–Kier alpha value is -1.67. The van der Waals surface area contributed by atoms with E-state index in [1.54, 1.807) is 12.1 Å². The molecule has 0 radical (unpaired) electrons. The topological polar surface area (TPSA) is 96.0 Å². The quantitative estimate of drug-likeness (QED) is 0.367. The Bertz CT molecular complexity index is 661. The van der Waals surface area contributed by atoms with Crippen LogP contribution in [0.25, 0.3) is 0 Å². The fraction of sp³-hybridized carbons (Fsp3) is 0.462. The van der Waals surface area contributed by atoms with Gasteiger partial charge in [0.05, 0.1) is 17.1 Å². The maximum atomic E-state index is 14.3. The molecule has 0 bridgehead atoms. The Labute approximate surface area is 123 Å². The van der Waals surface area contributed by atoms with Gasteiger partial charge in [-0.1, -0.05) is 17.3 Å². The molecule has 116 valence electrons. The molecular formula is C13H18FN3O3S. The van der Waals surface area contributed by atoms with Crippen LogP contribution in [0.1, 0.15) is 18.1 Å². The summed E-state index contributed by atoms with van der Waals surface area (Å²) in [5.41, 5.74) is 5.86. The lowest BCUT2D eigenvalue weighted by atomic mass is 10.1. The van der Waals surface area contributed by atoms with Crippen LogP contribution in [-0.4, -0.2) is 48.5 Å². The smallest absolute Gasteiger partial charge is 0.173 e. The van der Waals surface area contributed by atoms with Gasteiger partial charge in [0.15, 0.2) is 15.7 Å². The van der Waals surface area contributed by atoms with E-state index in [4.69, 9.17) is 10.9 Å². The standard InChI is InChI=1S/C13H18FN3O3S/c1-9-8-21(19,20)6-5-17(9)7-10-3-2-4-11(12(10)14)13(15)16-18/h2-4,9,18H,5-8H2,1H3,(H2,15,16). The number of benzene rings is 1. The Balaban J connectivity index is 2.21. The molecule has 0 aliphatic carbocycles. The fourth-order valence-corrected chi connectivity index (χ4v) is 4.07. The third-order valence-corrected chi connectivity index (χ3v) is 5.44. The van der Waals surface area contributed by atoms with Crippen LogP contribution < -0.4 is 5.73 Å². The lowest BCUT2D eigenvalue weighted by Gasteiger charge is -2.33. The molecule has 6 nitrogen and oxygen atoms in total. The summed E-state index contributed by atoms with van der Waals surface area (Å²) in [6, 6.07) is 4.49. The van der Waals surface area contributed by atoms with E-state index in [9.17, 15) is 12.8 Å². The molecule has 1 saturated heterocycles. The van der Waals surface area contributed by atoms with Crippen molar-refractivity contribution in [2.45, 2.75) is 19.5 Å². The number of hydrogen-bond donors (Lipinski definition) is 2. The Morgan fingerprint density at radius 3 is 2.90 bits per heavy atom. The molecule has 0 aromatic heterocycles.